The van der Waals surface area contributed by atoms with Crippen LogP contribution in [0.1, 0.15) is 12.8 Å². The molecular formula is C18H18N6O. The number of hydrogen-bond donors (Lipinski definition) is 0. The molecule has 1 aliphatic rings. The number of pyridine rings is 1. The highest BCUT2D eigenvalue weighted by Crippen LogP contribution is 2.24. The molecule has 25 heavy (non-hydrogen) atoms. The summed E-state index contributed by atoms with van der Waals surface area (Å²) in [6.45, 7) is 1.45. The van der Waals surface area contributed by atoms with Gasteiger partial charge in [0.25, 0.3) is 5.56 Å². The summed E-state index contributed by atoms with van der Waals surface area (Å²) in [7, 11) is 0. The van der Waals surface area contributed by atoms with Crippen molar-refractivity contribution >= 4 is 5.82 Å². The van der Waals surface area contributed by atoms with Crippen molar-refractivity contribution in [1.82, 2.24) is 24.7 Å². The first-order chi connectivity index (χ1) is 12.3. The predicted octanol–water partition coefficient (Wildman–Crippen LogP) is 1.76. The molecule has 1 unspecified atom stereocenters. The molecule has 1 fully saturated rings. The molecule has 1 saturated heterocycles. The number of nitrogens with zero attached hydrogens (tertiary/aromatic N) is 6. The third-order valence-corrected chi connectivity index (χ3v) is 4.45. The van der Waals surface area contributed by atoms with Gasteiger partial charge in [-0.25, -0.2) is 9.67 Å². The van der Waals surface area contributed by atoms with Crippen LogP contribution in [0.4, 0.5) is 5.82 Å². The van der Waals surface area contributed by atoms with E-state index in [-0.39, 0.29) is 11.6 Å². The van der Waals surface area contributed by atoms with Crippen LogP contribution < -0.4 is 10.5 Å². The van der Waals surface area contributed by atoms with Crippen molar-refractivity contribution in [2.24, 2.45) is 0 Å². The van der Waals surface area contributed by atoms with E-state index < -0.39 is 0 Å². The van der Waals surface area contributed by atoms with Crippen molar-refractivity contribution in [2.75, 3.05) is 11.4 Å². The molecule has 0 bridgehead atoms. The van der Waals surface area contributed by atoms with Gasteiger partial charge in [-0.15, -0.1) is 0 Å². The summed E-state index contributed by atoms with van der Waals surface area (Å²) < 4.78 is 1.55. The van der Waals surface area contributed by atoms with Crippen LogP contribution >= 0.6 is 0 Å². The zero-order valence-corrected chi connectivity index (χ0v) is 13.7. The minimum absolute atomic E-state index is 0.0937. The highest BCUT2D eigenvalue weighted by atomic mass is 16.1. The van der Waals surface area contributed by atoms with Crippen molar-refractivity contribution in [2.45, 2.75) is 25.4 Å². The van der Waals surface area contributed by atoms with E-state index in [1.807, 2.05) is 12.1 Å². The fourth-order valence-electron chi connectivity index (χ4n) is 3.22. The summed E-state index contributed by atoms with van der Waals surface area (Å²) in [5.41, 5.74) is 1.62. The second-order valence-electron chi connectivity index (χ2n) is 6.03. The van der Waals surface area contributed by atoms with Gasteiger partial charge < -0.3 is 4.90 Å². The normalized spacial score (nSPS) is 17.0. The largest absolute Gasteiger partial charge is 0.350 e. The molecule has 0 saturated carbocycles. The van der Waals surface area contributed by atoms with E-state index in [0.29, 0.717) is 6.54 Å². The van der Waals surface area contributed by atoms with Gasteiger partial charge in [0, 0.05) is 43.0 Å². The van der Waals surface area contributed by atoms with Gasteiger partial charge in [0.15, 0.2) is 0 Å². The van der Waals surface area contributed by atoms with Gasteiger partial charge >= 0.3 is 0 Å². The lowest BCUT2D eigenvalue weighted by molar-refractivity contribution is 0.488. The first-order valence-electron chi connectivity index (χ1n) is 8.32. The highest BCUT2D eigenvalue weighted by Gasteiger charge is 2.26. The van der Waals surface area contributed by atoms with Gasteiger partial charge in [-0.3, -0.25) is 14.8 Å². The molecule has 4 rings (SSSR count). The Bertz CT molecular complexity index is 896. The maximum Gasteiger partial charge on any atom is 0.266 e. The van der Waals surface area contributed by atoms with Gasteiger partial charge in [0.05, 0.1) is 24.5 Å². The second kappa shape index (κ2) is 6.80. The van der Waals surface area contributed by atoms with Crippen LogP contribution in [0.15, 0.2) is 60.0 Å². The number of anilines is 1. The Morgan fingerprint density at radius 1 is 1.04 bits per heavy atom. The topological polar surface area (TPSA) is 76.8 Å². The standard InChI is InChI=1S/C18H18N6O/c25-18-4-3-16(14-5-7-19-8-6-14)22-24(18)13-15-2-1-11-23(15)17-12-20-9-10-21-17/h3-10,12,15H,1-2,11,13H2. The summed E-state index contributed by atoms with van der Waals surface area (Å²) in [5.74, 6) is 0.850. The van der Waals surface area contributed by atoms with Crippen LogP contribution in [-0.2, 0) is 6.54 Å². The fourth-order valence-corrected chi connectivity index (χ4v) is 3.22. The van der Waals surface area contributed by atoms with Gasteiger partial charge in [-0.2, -0.15) is 5.10 Å². The highest BCUT2D eigenvalue weighted by molar-refractivity contribution is 5.57. The van der Waals surface area contributed by atoms with Crippen molar-refractivity contribution in [3.63, 3.8) is 0 Å². The molecule has 126 valence electrons. The molecule has 3 aromatic rings. The molecule has 0 amide bonds. The van der Waals surface area contributed by atoms with Gasteiger partial charge in [-0.05, 0) is 31.0 Å². The third-order valence-electron chi connectivity index (χ3n) is 4.45. The smallest absolute Gasteiger partial charge is 0.266 e. The zero-order valence-electron chi connectivity index (χ0n) is 13.7. The van der Waals surface area contributed by atoms with Crippen LogP contribution in [-0.4, -0.2) is 37.3 Å². The summed E-state index contributed by atoms with van der Waals surface area (Å²) in [6.07, 6.45) is 10.6. The van der Waals surface area contributed by atoms with Crippen LogP contribution in [0, 0.1) is 0 Å². The fraction of sp³-hybridized carbons (Fsp3) is 0.278. The van der Waals surface area contributed by atoms with Crippen molar-refractivity contribution < 1.29 is 0 Å². The van der Waals surface area contributed by atoms with Crippen LogP contribution in [0.2, 0.25) is 0 Å². The van der Waals surface area contributed by atoms with E-state index >= 15 is 0 Å². The van der Waals surface area contributed by atoms with Gasteiger partial charge in [-0.1, -0.05) is 0 Å². The number of hydrogen-bond acceptors (Lipinski definition) is 6. The SMILES string of the molecule is O=c1ccc(-c2ccncc2)nn1CC1CCCN1c1cnccn1. The second-order valence-corrected chi connectivity index (χ2v) is 6.03. The molecule has 0 N–H and O–H groups in total. The summed E-state index contributed by atoms with van der Waals surface area (Å²) in [5, 5.41) is 4.55. The minimum atomic E-state index is -0.0937. The lowest BCUT2D eigenvalue weighted by atomic mass is 10.2. The molecule has 0 aliphatic carbocycles. The molecule has 1 aliphatic heterocycles. The molecule has 0 spiro atoms. The molecule has 7 nitrogen and oxygen atoms in total. The summed E-state index contributed by atoms with van der Waals surface area (Å²) in [4.78, 5) is 27.0. The Balaban J connectivity index is 1.61. The Morgan fingerprint density at radius 3 is 2.72 bits per heavy atom. The van der Waals surface area contributed by atoms with E-state index in [9.17, 15) is 4.79 Å². The van der Waals surface area contributed by atoms with Crippen molar-refractivity contribution in [1.29, 1.82) is 0 Å². The Morgan fingerprint density at radius 2 is 1.92 bits per heavy atom. The quantitative estimate of drug-likeness (QED) is 0.724. The van der Waals surface area contributed by atoms with Crippen LogP contribution in [0.5, 0.6) is 0 Å². The first-order valence-corrected chi connectivity index (χ1v) is 8.32. The maximum absolute atomic E-state index is 12.3. The third kappa shape index (κ3) is 3.26. The minimum Gasteiger partial charge on any atom is -0.350 e. The average Bonchev–Trinajstić information content (AvgIpc) is 3.13. The van der Waals surface area contributed by atoms with E-state index in [1.165, 1.54) is 0 Å². The summed E-state index contributed by atoms with van der Waals surface area (Å²) in [6, 6.07) is 7.29. The lowest BCUT2D eigenvalue weighted by Gasteiger charge is -2.25. The molecule has 3 aromatic heterocycles. The number of rotatable bonds is 4. The summed E-state index contributed by atoms with van der Waals surface area (Å²) >= 11 is 0. The predicted molar refractivity (Wildman–Crippen MR) is 94.1 cm³/mol. The Hall–Kier alpha value is -3.09. The molecule has 0 aromatic carbocycles. The maximum atomic E-state index is 12.3. The van der Waals surface area contributed by atoms with E-state index in [4.69, 9.17) is 0 Å². The number of aromatic nitrogens is 5. The monoisotopic (exact) mass is 334 g/mol. The van der Waals surface area contributed by atoms with Gasteiger partial charge in [0.2, 0.25) is 0 Å². The van der Waals surface area contributed by atoms with Crippen LogP contribution in [0.3, 0.4) is 0 Å². The van der Waals surface area contributed by atoms with E-state index in [2.05, 4.69) is 25.0 Å². The van der Waals surface area contributed by atoms with Crippen LogP contribution in [0.25, 0.3) is 11.3 Å². The zero-order chi connectivity index (χ0) is 17.1. The average molecular weight is 334 g/mol. The van der Waals surface area contributed by atoms with Crippen molar-refractivity contribution in [3.05, 3.63) is 65.6 Å². The molecule has 0 radical (unpaired) electrons. The first kappa shape index (κ1) is 15.4. The Labute approximate surface area is 145 Å². The van der Waals surface area contributed by atoms with Crippen molar-refractivity contribution in [3.8, 4) is 11.3 Å². The molecule has 4 heterocycles. The molecule has 1 atom stereocenters. The van der Waals surface area contributed by atoms with Gasteiger partial charge in [0.1, 0.15) is 5.82 Å². The van der Waals surface area contributed by atoms with E-state index in [1.54, 1.807) is 47.8 Å². The molecular weight excluding hydrogens is 316 g/mol. The molecule has 7 heteroatoms. The van der Waals surface area contributed by atoms with E-state index in [0.717, 1.165) is 36.5 Å². The Kier molecular flexibility index (Phi) is 4.20. The lowest BCUT2D eigenvalue weighted by Crippen LogP contribution is -2.37.